The van der Waals surface area contributed by atoms with Gasteiger partial charge in [0.1, 0.15) is 17.0 Å². The van der Waals surface area contributed by atoms with Crippen molar-refractivity contribution in [3.63, 3.8) is 0 Å². The van der Waals surface area contributed by atoms with Gasteiger partial charge < -0.3 is 19.0 Å². The average molecular weight is 566 g/mol. The second-order valence-corrected chi connectivity index (χ2v) is 11.1. The van der Waals surface area contributed by atoms with E-state index in [4.69, 9.17) is 4.74 Å². The van der Waals surface area contributed by atoms with E-state index < -0.39 is 27.2 Å². The number of hydrogen-bond donors (Lipinski definition) is 1. The minimum absolute atomic E-state index is 0.100. The molecule has 1 N–H and O–H groups in total. The van der Waals surface area contributed by atoms with E-state index in [0.29, 0.717) is 57.3 Å². The number of imidazole rings is 2. The molecule has 198 valence electrons. The maximum absolute atomic E-state index is 12.5. The normalized spacial score (nSPS) is 12.4. The number of halogens is 3. The fraction of sp³-hybridized carbons (Fsp3) is 0.217. The fourth-order valence-electron chi connectivity index (χ4n) is 3.85. The van der Waals surface area contributed by atoms with Crippen molar-refractivity contribution in [2.45, 2.75) is 17.6 Å². The monoisotopic (exact) mass is 565 g/mol. The van der Waals surface area contributed by atoms with Crippen molar-refractivity contribution >= 4 is 48.4 Å². The summed E-state index contributed by atoms with van der Waals surface area (Å²) in [6.45, 7) is 0.748. The number of alkyl halides is 3. The Labute approximate surface area is 217 Å². The summed E-state index contributed by atoms with van der Waals surface area (Å²) in [5.41, 5.74) is 2.33. The molecule has 3 heterocycles. The highest BCUT2D eigenvalue weighted by atomic mass is 32.2. The van der Waals surface area contributed by atoms with Gasteiger partial charge in [-0.3, -0.25) is 0 Å². The summed E-state index contributed by atoms with van der Waals surface area (Å²) in [6, 6.07) is 9.82. The van der Waals surface area contributed by atoms with E-state index >= 15 is 0 Å². The predicted molar refractivity (Wildman–Crippen MR) is 133 cm³/mol. The van der Waals surface area contributed by atoms with Crippen molar-refractivity contribution in [1.82, 2.24) is 24.5 Å². The smallest absolute Gasteiger partial charge is 0.391 e. The third kappa shape index (κ3) is 4.87. The van der Waals surface area contributed by atoms with Crippen LogP contribution in [0.1, 0.15) is 0 Å². The summed E-state index contributed by atoms with van der Waals surface area (Å²) in [5, 5.41) is -0.423. The predicted octanol–water partition coefficient (Wildman–Crippen LogP) is 4.22. The minimum Gasteiger partial charge on any atom is -0.391 e. The molecule has 10 nitrogen and oxygen atoms in total. The van der Waals surface area contributed by atoms with E-state index in [1.165, 1.54) is 6.07 Å². The lowest BCUT2D eigenvalue weighted by atomic mass is 10.2. The molecule has 0 amide bonds. The number of carbonyl (C=O) groups is 1. The molecule has 0 unspecified atom stereocenters. The molecule has 0 atom stereocenters. The molecule has 5 aromatic rings. The maximum atomic E-state index is 12.5. The lowest BCUT2D eigenvalue weighted by Gasteiger charge is -2.07. The molecular formula is C23H18F3N5O5S2. The van der Waals surface area contributed by atoms with Crippen molar-refractivity contribution in [1.29, 1.82) is 0 Å². The summed E-state index contributed by atoms with van der Waals surface area (Å²) in [6.07, 6.45) is -2.47. The zero-order valence-corrected chi connectivity index (χ0v) is 21.4. The van der Waals surface area contributed by atoms with Crippen LogP contribution in [0, 0.1) is 0 Å². The molecule has 0 aliphatic rings. The Kier molecular flexibility index (Phi) is 6.44. The third-order valence-electron chi connectivity index (χ3n) is 5.53. The molecular weight excluding hydrogens is 547 g/mol. The highest BCUT2D eigenvalue weighted by Crippen LogP contribution is 2.33. The molecule has 0 radical (unpaired) electrons. The number of hydrogen-bond acceptors (Lipinski definition) is 9. The van der Waals surface area contributed by atoms with E-state index in [0.717, 1.165) is 17.6 Å². The first-order valence-corrected chi connectivity index (χ1v) is 13.6. The van der Waals surface area contributed by atoms with Gasteiger partial charge in [0.2, 0.25) is 0 Å². The Morgan fingerprint density at radius 2 is 1.97 bits per heavy atom. The van der Waals surface area contributed by atoms with Gasteiger partial charge in [-0.15, -0.1) is 0 Å². The first-order valence-electron chi connectivity index (χ1n) is 10.9. The van der Waals surface area contributed by atoms with Crippen LogP contribution >= 0.6 is 11.3 Å². The Hall–Kier alpha value is -3.82. The van der Waals surface area contributed by atoms with Crippen LogP contribution in [0.5, 0.6) is 5.19 Å². The van der Waals surface area contributed by atoms with Gasteiger partial charge in [-0.2, -0.15) is 13.2 Å². The number of rotatable bonds is 7. The Morgan fingerprint density at radius 3 is 2.68 bits per heavy atom. The van der Waals surface area contributed by atoms with E-state index in [-0.39, 0.29) is 4.90 Å². The van der Waals surface area contributed by atoms with Crippen LogP contribution < -0.4 is 4.74 Å². The maximum Gasteiger partial charge on any atom is 0.491 e. The average Bonchev–Trinajstić information content (AvgIpc) is 3.57. The highest BCUT2D eigenvalue weighted by Gasteiger charge is 2.42. The number of carbonyl (C=O) groups excluding carboxylic acids is 1. The van der Waals surface area contributed by atoms with Crippen LogP contribution in [-0.4, -0.2) is 65.0 Å². The number of H-pyrrole nitrogens is 1. The van der Waals surface area contributed by atoms with Crippen LogP contribution in [-0.2, 0) is 25.9 Å². The van der Waals surface area contributed by atoms with E-state index in [9.17, 15) is 26.4 Å². The zero-order chi connectivity index (χ0) is 27.2. The molecule has 0 saturated carbocycles. The third-order valence-corrected chi connectivity index (χ3v) is 7.57. The summed E-state index contributed by atoms with van der Waals surface area (Å²) < 4.78 is 74.1. The first kappa shape index (κ1) is 25.8. The van der Waals surface area contributed by atoms with Crippen molar-refractivity contribution in [3.05, 3.63) is 42.6 Å². The lowest BCUT2D eigenvalue weighted by molar-refractivity contribution is -0.189. The van der Waals surface area contributed by atoms with Gasteiger partial charge in [0, 0.05) is 25.5 Å². The number of fused-ring (bicyclic) bond motifs is 2. The number of esters is 1. The number of nitrogens with one attached hydrogen (secondary N) is 1. The quantitative estimate of drug-likeness (QED) is 0.291. The fourth-order valence-corrected chi connectivity index (χ4v) is 5.47. The van der Waals surface area contributed by atoms with Gasteiger partial charge in [0.05, 0.1) is 33.4 Å². The number of methoxy groups -OCH3 is 1. The molecule has 0 saturated heterocycles. The number of ether oxygens (including phenoxy) is 2. The summed E-state index contributed by atoms with van der Waals surface area (Å²) in [4.78, 5) is 27.4. The van der Waals surface area contributed by atoms with E-state index in [1.54, 1.807) is 43.6 Å². The molecule has 0 aliphatic carbocycles. The Balaban J connectivity index is 1.53. The number of aromatic amines is 1. The number of sulfone groups is 1. The number of para-hydroxylation sites is 1. The SMILES string of the molecule is COCCn1c(-c2cnc(-c3ccc4sc(OC(=O)C(F)(F)F)nc4c3)[nH]2)nc2c(S(C)(=O)=O)cccc21. The molecule has 2 aromatic carbocycles. The van der Waals surface area contributed by atoms with Crippen molar-refractivity contribution in [2.24, 2.45) is 0 Å². The van der Waals surface area contributed by atoms with Gasteiger partial charge in [0.25, 0.3) is 5.19 Å². The van der Waals surface area contributed by atoms with Gasteiger partial charge >= 0.3 is 12.1 Å². The van der Waals surface area contributed by atoms with Crippen LogP contribution in [0.4, 0.5) is 13.2 Å². The van der Waals surface area contributed by atoms with Crippen LogP contribution in [0.2, 0.25) is 0 Å². The van der Waals surface area contributed by atoms with Crippen molar-refractivity contribution in [3.8, 4) is 28.1 Å². The van der Waals surface area contributed by atoms with Gasteiger partial charge in [0.15, 0.2) is 15.7 Å². The molecule has 0 fully saturated rings. The zero-order valence-electron chi connectivity index (χ0n) is 19.7. The van der Waals surface area contributed by atoms with E-state index in [2.05, 4.69) is 24.7 Å². The Bertz CT molecular complexity index is 1790. The number of thiazole rings is 1. The summed E-state index contributed by atoms with van der Waals surface area (Å²) in [5.74, 6) is -1.48. The molecule has 5 rings (SSSR count). The summed E-state index contributed by atoms with van der Waals surface area (Å²) in [7, 11) is -1.99. The standard InChI is InChI=1S/C23H18F3N5O5S2/c1-35-9-8-31-15-4-3-5-17(38(2,33)34)18(15)30-20(31)14-11-27-19(28-14)12-6-7-16-13(10-12)29-22(37-16)36-21(32)23(24,25)26/h3-7,10-11H,8-9H2,1-2H3,(H,27,28). The largest absolute Gasteiger partial charge is 0.491 e. The van der Waals surface area contributed by atoms with Gasteiger partial charge in [-0.25, -0.2) is 28.2 Å². The van der Waals surface area contributed by atoms with E-state index in [1.807, 2.05) is 4.57 Å². The summed E-state index contributed by atoms with van der Waals surface area (Å²) >= 11 is 0.804. The van der Waals surface area contributed by atoms with Crippen LogP contribution in [0.3, 0.4) is 0 Å². The molecule has 38 heavy (non-hydrogen) atoms. The van der Waals surface area contributed by atoms with Crippen molar-refractivity contribution < 1.29 is 35.9 Å². The minimum atomic E-state index is -5.13. The highest BCUT2D eigenvalue weighted by molar-refractivity contribution is 7.91. The van der Waals surface area contributed by atoms with Crippen LogP contribution in [0.25, 0.3) is 44.2 Å². The molecule has 0 spiro atoms. The second kappa shape index (κ2) is 9.49. The van der Waals surface area contributed by atoms with Gasteiger partial charge in [-0.1, -0.05) is 17.4 Å². The Morgan fingerprint density at radius 1 is 1.18 bits per heavy atom. The number of benzene rings is 2. The lowest BCUT2D eigenvalue weighted by Crippen LogP contribution is -2.27. The van der Waals surface area contributed by atoms with Crippen molar-refractivity contribution in [2.75, 3.05) is 20.0 Å². The molecule has 0 bridgehead atoms. The molecule has 15 heteroatoms. The first-order chi connectivity index (χ1) is 18.0. The van der Waals surface area contributed by atoms with Crippen LogP contribution in [0.15, 0.2) is 47.5 Å². The number of aromatic nitrogens is 5. The molecule has 0 aliphatic heterocycles. The second-order valence-electron chi connectivity index (χ2n) is 8.17. The van der Waals surface area contributed by atoms with Gasteiger partial charge in [-0.05, 0) is 30.3 Å². The number of nitrogens with zero attached hydrogens (tertiary/aromatic N) is 4. The topological polar surface area (TPSA) is 129 Å². The molecule has 3 aromatic heterocycles.